The molecule has 0 saturated carbocycles. The van der Waals surface area contributed by atoms with Crippen LogP contribution in [0.5, 0.6) is 0 Å². The summed E-state index contributed by atoms with van der Waals surface area (Å²) in [5.74, 6) is -0.872. The summed E-state index contributed by atoms with van der Waals surface area (Å²) in [7, 11) is 0. The lowest BCUT2D eigenvalue weighted by Gasteiger charge is -2.14. The largest absolute Gasteiger partial charge is 0.324 e. The fourth-order valence-electron chi connectivity index (χ4n) is 1.84. The van der Waals surface area contributed by atoms with E-state index < -0.39 is 11.9 Å². The Morgan fingerprint density at radius 1 is 1.16 bits per heavy atom. The quantitative estimate of drug-likeness (QED) is 0.862. The number of nitrogens with two attached hydrogens (primary N) is 1. The van der Waals surface area contributed by atoms with E-state index in [-0.39, 0.29) is 17.3 Å². The summed E-state index contributed by atoms with van der Waals surface area (Å²) in [6.45, 7) is 0. The van der Waals surface area contributed by atoms with E-state index in [9.17, 15) is 8.78 Å². The maximum Gasteiger partial charge on any atom is 0.142 e. The molecule has 0 aromatic heterocycles. The monoisotopic (exact) mass is 345 g/mol. The van der Waals surface area contributed by atoms with Crippen LogP contribution in [0.4, 0.5) is 8.78 Å². The van der Waals surface area contributed by atoms with Crippen molar-refractivity contribution in [1.29, 1.82) is 0 Å². The molecule has 0 aliphatic carbocycles. The van der Waals surface area contributed by atoms with E-state index in [0.717, 1.165) is 0 Å². The van der Waals surface area contributed by atoms with Gasteiger partial charge in [-0.25, -0.2) is 8.78 Å². The van der Waals surface area contributed by atoms with Gasteiger partial charge >= 0.3 is 0 Å². The van der Waals surface area contributed by atoms with Crippen LogP contribution in [0.15, 0.2) is 40.9 Å². The van der Waals surface area contributed by atoms with Crippen LogP contribution in [0.3, 0.4) is 0 Å². The Kier molecular flexibility index (Phi) is 4.55. The van der Waals surface area contributed by atoms with Crippen molar-refractivity contribution in [2.45, 2.75) is 12.5 Å². The van der Waals surface area contributed by atoms with Crippen molar-refractivity contribution in [3.8, 4) is 0 Å². The summed E-state index contributed by atoms with van der Waals surface area (Å²) in [6.07, 6.45) is 0.252. The van der Waals surface area contributed by atoms with Crippen molar-refractivity contribution in [3.63, 3.8) is 0 Å². The molecular weight excluding hydrogens is 336 g/mol. The predicted octanol–water partition coefficient (Wildman–Crippen LogP) is 4.62. The molecule has 0 spiro atoms. The Morgan fingerprint density at radius 2 is 1.89 bits per heavy atom. The summed E-state index contributed by atoms with van der Waals surface area (Å²) in [5.41, 5.74) is 6.92. The van der Waals surface area contributed by atoms with Crippen LogP contribution < -0.4 is 5.73 Å². The average Bonchev–Trinajstić information content (AvgIpc) is 2.36. The average molecular weight is 347 g/mol. The molecule has 0 aliphatic rings. The third-order valence-electron chi connectivity index (χ3n) is 2.84. The molecule has 0 aliphatic heterocycles. The Morgan fingerprint density at radius 3 is 2.58 bits per heavy atom. The summed E-state index contributed by atoms with van der Waals surface area (Å²) >= 11 is 9.05. The zero-order valence-corrected chi connectivity index (χ0v) is 12.2. The molecule has 0 bridgehead atoms. The van der Waals surface area contributed by atoms with Gasteiger partial charge in [0.15, 0.2) is 0 Å². The van der Waals surface area contributed by atoms with Crippen LogP contribution in [0.2, 0.25) is 5.02 Å². The van der Waals surface area contributed by atoms with Gasteiger partial charge in [-0.3, -0.25) is 0 Å². The first-order valence-electron chi connectivity index (χ1n) is 5.62. The fraction of sp³-hybridized carbons (Fsp3) is 0.143. The van der Waals surface area contributed by atoms with Gasteiger partial charge in [0.25, 0.3) is 0 Å². The summed E-state index contributed by atoms with van der Waals surface area (Å²) in [4.78, 5) is 0. The fourth-order valence-corrected chi connectivity index (χ4v) is 2.44. The van der Waals surface area contributed by atoms with E-state index in [2.05, 4.69) is 15.9 Å². The zero-order valence-electron chi connectivity index (χ0n) is 9.84. The van der Waals surface area contributed by atoms with Crippen LogP contribution in [0.1, 0.15) is 17.2 Å². The number of benzene rings is 2. The highest BCUT2D eigenvalue weighted by molar-refractivity contribution is 9.10. The molecule has 2 aromatic carbocycles. The molecule has 0 radical (unpaired) electrons. The van der Waals surface area contributed by atoms with Crippen molar-refractivity contribution in [1.82, 2.24) is 0 Å². The Hall–Kier alpha value is -0.970. The highest BCUT2D eigenvalue weighted by Gasteiger charge is 2.15. The molecule has 2 N–H and O–H groups in total. The lowest BCUT2D eigenvalue weighted by atomic mass is 9.99. The maximum absolute atomic E-state index is 13.7. The summed E-state index contributed by atoms with van der Waals surface area (Å²) in [6, 6.07) is 8.64. The van der Waals surface area contributed by atoms with Crippen molar-refractivity contribution in [2.24, 2.45) is 5.73 Å². The first-order chi connectivity index (χ1) is 8.99. The molecule has 19 heavy (non-hydrogen) atoms. The normalized spacial score (nSPS) is 12.5. The number of rotatable bonds is 3. The molecule has 2 rings (SSSR count). The molecule has 0 heterocycles. The lowest BCUT2D eigenvalue weighted by Crippen LogP contribution is -2.15. The molecule has 0 fully saturated rings. The first kappa shape index (κ1) is 14.4. The minimum Gasteiger partial charge on any atom is -0.324 e. The third kappa shape index (κ3) is 3.32. The van der Waals surface area contributed by atoms with Gasteiger partial charge in [0, 0.05) is 10.5 Å². The smallest absolute Gasteiger partial charge is 0.142 e. The molecule has 100 valence electrons. The molecule has 1 unspecified atom stereocenters. The Labute approximate surface area is 123 Å². The Bertz CT molecular complexity index is 604. The maximum atomic E-state index is 13.7. The van der Waals surface area contributed by atoms with E-state index in [1.54, 1.807) is 18.2 Å². The van der Waals surface area contributed by atoms with Gasteiger partial charge in [-0.15, -0.1) is 0 Å². The minimum atomic E-state index is -0.557. The topological polar surface area (TPSA) is 26.0 Å². The molecular formula is C14H11BrClF2N. The van der Waals surface area contributed by atoms with E-state index in [1.165, 1.54) is 18.2 Å². The van der Waals surface area contributed by atoms with Crippen molar-refractivity contribution in [2.75, 3.05) is 0 Å². The molecule has 1 nitrogen and oxygen atoms in total. The molecule has 1 atom stereocenters. The van der Waals surface area contributed by atoms with Gasteiger partial charge in [0.1, 0.15) is 11.6 Å². The highest BCUT2D eigenvalue weighted by atomic mass is 79.9. The van der Waals surface area contributed by atoms with Gasteiger partial charge in [-0.1, -0.05) is 45.7 Å². The molecule has 0 amide bonds. The van der Waals surface area contributed by atoms with E-state index in [1.807, 2.05) is 0 Å². The van der Waals surface area contributed by atoms with Crippen LogP contribution >= 0.6 is 27.5 Å². The number of hydrogen-bond acceptors (Lipinski definition) is 1. The van der Waals surface area contributed by atoms with Gasteiger partial charge in [0.2, 0.25) is 0 Å². The van der Waals surface area contributed by atoms with Crippen molar-refractivity contribution < 1.29 is 8.78 Å². The second kappa shape index (κ2) is 5.99. The molecule has 5 heteroatoms. The van der Waals surface area contributed by atoms with E-state index in [4.69, 9.17) is 17.3 Å². The summed E-state index contributed by atoms with van der Waals surface area (Å²) < 4.78 is 27.7. The Balaban J connectivity index is 2.25. The third-order valence-corrected chi connectivity index (χ3v) is 3.73. The predicted molar refractivity (Wildman–Crippen MR) is 76.1 cm³/mol. The van der Waals surface area contributed by atoms with Gasteiger partial charge in [-0.05, 0) is 35.7 Å². The second-order valence-electron chi connectivity index (χ2n) is 4.19. The summed E-state index contributed by atoms with van der Waals surface area (Å²) in [5, 5.41) is -0.00693. The van der Waals surface area contributed by atoms with Crippen molar-refractivity contribution in [3.05, 3.63) is 68.7 Å². The van der Waals surface area contributed by atoms with Crippen LogP contribution in [-0.4, -0.2) is 0 Å². The highest BCUT2D eigenvalue weighted by Crippen LogP contribution is 2.27. The second-order valence-corrected chi connectivity index (χ2v) is 5.48. The van der Waals surface area contributed by atoms with Crippen LogP contribution in [0, 0.1) is 11.6 Å². The van der Waals surface area contributed by atoms with Gasteiger partial charge in [-0.2, -0.15) is 0 Å². The minimum absolute atomic E-state index is 0.00693. The van der Waals surface area contributed by atoms with E-state index >= 15 is 0 Å². The number of halogens is 4. The lowest BCUT2D eigenvalue weighted by molar-refractivity contribution is 0.589. The molecule has 0 saturated heterocycles. The van der Waals surface area contributed by atoms with E-state index in [0.29, 0.717) is 15.6 Å². The van der Waals surface area contributed by atoms with Crippen LogP contribution in [0.25, 0.3) is 0 Å². The van der Waals surface area contributed by atoms with Gasteiger partial charge < -0.3 is 5.73 Å². The van der Waals surface area contributed by atoms with Gasteiger partial charge in [0.05, 0.1) is 5.02 Å². The van der Waals surface area contributed by atoms with Crippen LogP contribution in [-0.2, 0) is 6.42 Å². The standard InChI is InChI=1S/C14H11BrClF2N/c15-9-5-4-8(12(18)7-9)6-13(19)10-2-1-3-11(17)14(10)16/h1-5,7,13H,6,19H2. The first-order valence-corrected chi connectivity index (χ1v) is 6.79. The van der Waals surface area contributed by atoms with Crippen molar-refractivity contribution >= 4 is 27.5 Å². The number of hydrogen-bond donors (Lipinski definition) is 1. The zero-order chi connectivity index (χ0) is 14.0. The SMILES string of the molecule is NC(Cc1ccc(Br)cc1F)c1cccc(F)c1Cl. The molecule has 2 aromatic rings.